The second-order valence-electron chi connectivity index (χ2n) is 4.12. The Morgan fingerprint density at radius 2 is 2.05 bits per heavy atom. The molecule has 1 aromatic heterocycles. The number of piperazine rings is 1. The van der Waals surface area contributed by atoms with Gasteiger partial charge >= 0.3 is 11.9 Å². The van der Waals surface area contributed by atoms with Crippen molar-refractivity contribution in [2.45, 2.75) is 0 Å². The summed E-state index contributed by atoms with van der Waals surface area (Å²) in [5.74, 6) is -0.368. The highest BCUT2D eigenvalue weighted by molar-refractivity contribution is 5.66. The largest absolute Gasteiger partial charge is 0.465 e. The van der Waals surface area contributed by atoms with E-state index in [4.69, 9.17) is 10.8 Å². The monoisotopic (exact) mass is 267 g/mol. The molecule has 1 aliphatic heterocycles. The molecular weight excluding hydrogens is 254 g/mol. The molecule has 9 heteroatoms. The minimum atomic E-state index is -0.944. The van der Waals surface area contributed by atoms with Crippen LogP contribution in [0.15, 0.2) is 12.3 Å². The van der Waals surface area contributed by atoms with Crippen molar-refractivity contribution in [1.29, 1.82) is 0 Å². The van der Waals surface area contributed by atoms with E-state index in [0.29, 0.717) is 31.9 Å². The molecule has 1 amide bonds. The molecule has 102 valence electrons. The van der Waals surface area contributed by atoms with Crippen molar-refractivity contribution < 1.29 is 14.8 Å². The van der Waals surface area contributed by atoms with Crippen LogP contribution in [0.1, 0.15) is 0 Å². The van der Waals surface area contributed by atoms with Crippen molar-refractivity contribution in [2.75, 3.05) is 36.8 Å². The van der Waals surface area contributed by atoms with Crippen LogP contribution in [0.2, 0.25) is 0 Å². The van der Waals surface area contributed by atoms with E-state index in [9.17, 15) is 14.9 Å². The lowest BCUT2D eigenvalue weighted by Gasteiger charge is -2.33. The molecule has 3 N–H and O–H groups in total. The van der Waals surface area contributed by atoms with Gasteiger partial charge in [-0.2, -0.15) is 0 Å². The third kappa shape index (κ3) is 2.64. The average Bonchev–Trinajstić information content (AvgIpc) is 2.38. The molecule has 2 rings (SSSR count). The van der Waals surface area contributed by atoms with Crippen LogP contribution in [0.25, 0.3) is 0 Å². The molecular formula is C10H13N5O4. The fourth-order valence-corrected chi connectivity index (χ4v) is 1.94. The van der Waals surface area contributed by atoms with Gasteiger partial charge in [-0.25, -0.2) is 4.79 Å². The summed E-state index contributed by atoms with van der Waals surface area (Å²) in [5.41, 5.74) is 6.23. The van der Waals surface area contributed by atoms with Crippen LogP contribution >= 0.6 is 0 Å². The maximum Gasteiger partial charge on any atom is 0.407 e. The molecule has 0 aromatic carbocycles. The maximum absolute atomic E-state index is 10.8. The molecule has 9 nitrogen and oxygen atoms in total. The van der Waals surface area contributed by atoms with Gasteiger partial charge in [-0.15, -0.1) is 0 Å². The molecule has 2 heterocycles. The lowest BCUT2D eigenvalue weighted by molar-refractivity contribution is -0.388. The van der Waals surface area contributed by atoms with Gasteiger partial charge < -0.3 is 30.8 Å². The summed E-state index contributed by atoms with van der Waals surface area (Å²) in [6, 6.07) is 1.49. The van der Waals surface area contributed by atoms with Crippen LogP contribution in [-0.2, 0) is 0 Å². The molecule has 19 heavy (non-hydrogen) atoms. The molecule has 1 fully saturated rings. The topological polar surface area (TPSA) is 126 Å². The third-order valence-corrected chi connectivity index (χ3v) is 2.97. The van der Waals surface area contributed by atoms with Crippen molar-refractivity contribution in [3.05, 3.63) is 22.4 Å². The smallest absolute Gasteiger partial charge is 0.407 e. The van der Waals surface area contributed by atoms with Gasteiger partial charge in [0.1, 0.15) is 5.69 Å². The van der Waals surface area contributed by atoms with Gasteiger partial charge in [0.25, 0.3) is 0 Å². The summed E-state index contributed by atoms with van der Waals surface area (Å²) < 4.78 is 0. The number of nitrogens with two attached hydrogens (primary N) is 1. The van der Waals surface area contributed by atoms with E-state index < -0.39 is 11.0 Å². The summed E-state index contributed by atoms with van der Waals surface area (Å²) in [6.45, 7) is 1.77. The van der Waals surface area contributed by atoms with E-state index in [2.05, 4.69) is 4.98 Å². The predicted molar refractivity (Wildman–Crippen MR) is 67.1 cm³/mol. The van der Waals surface area contributed by atoms with Gasteiger partial charge in [0.15, 0.2) is 6.20 Å². The Kier molecular flexibility index (Phi) is 3.36. The van der Waals surface area contributed by atoms with E-state index in [1.165, 1.54) is 17.2 Å². The zero-order valence-corrected chi connectivity index (χ0v) is 10.0. The lowest BCUT2D eigenvalue weighted by Crippen LogP contribution is -2.48. The number of carboxylic acid groups (broad SMARTS) is 1. The van der Waals surface area contributed by atoms with Gasteiger partial charge in [0.05, 0.1) is 5.69 Å². The zero-order valence-electron chi connectivity index (χ0n) is 10.0. The summed E-state index contributed by atoms with van der Waals surface area (Å²) in [6.07, 6.45) is 0.436. The van der Waals surface area contributed by atoms with E-state index in [-0.39, 0.29) is 11.5 Å². The van der Waals surface area contributed by atoms with Crippen LogP contribution in [0.4, 0.5) is 22.0 Å². The number of nitro groups is 1. The van der Waals surface area contributed by atoms with Crippen molar-refractivity contribution in [3.63, 3.8) is 0 Å². The first-order valence-electron chi connectivity index (χ1n) is 5.62. The predicted octanol–water partition coefficient (Wildman–Crippen LogP) is 0.372. The fourth-order valence-electron chi connectivity index (χ4n) is 1.94. The average molecular weight is 267 g/mol. The van der Waals surface area contributed by atoms with Crippen LogP contribution in [0, 0.1) is 10.1 Å². The lowest BCUT2D eigenvalue weighted by atomic mass is 10.2. The number of pyridine rings is 1. The Bertz CT molecular complexity index is 513. The quantitative estimate of drug-likeness (QED) is 0.585. The minimum absolute atomic E-state index is 0.00293. The Morgan fingerprint density at radius 3 is 2.53 bits per heavy atom. The molecule has 0 radical (unpaired) electrons. The molecule has 0 unspecified atom stereocenters. The van der Waals surface area contributed by atoms with Gasteiger partial charge in [0, 0.05) is 26.2 Å². The van der Waals surface area contributed by atoms with E-state index >= 15 is 0 Å². The zero-order chi connectivity index (χ0) is 14.0. The number of nitrogens with zero attached hydrogens (tertiary/aromatic N) is 4. The van der Waals surface area contributed by atoms with Crippen molar-refractivity contribution in [3.8, 4) is 0 Å². The van der Waals surface area contributed by atoms with Crippen LogP contribution in [-0.4, -0.2) is 52.2 Å². The van der Waals surface area contributed by atoms with Crippen LogP contribution in [0.3, 0.4) is 0 Å². The highest BCUT2D eigenvalue weighted by Crippen LogP contribution is 2.24. The Hall–Kier alpha value is -2.58. The summed E-state index contributed by atoms with van der Waals surface area (Å²) in [4.78, 5) is 27.7. The Balaban J connectivity index is 2.10. The summed E-state index contributed by atoms with van der Waals surface area (Å²) in [7, 11) is 0. The molecule has 0 aliphatic carbocycles. The first kappa shape index (κ1) is 12.9. The summed E-state index contributed by atoms with van der Waals surface area (Å²) >= 11 is 0. The van der Waals surface area contributed by atoms with Gasteiger partial charge in [-0.05, 0) is 16.0 Å². The highest BCUT2D eigenvalue weighted by Gasteiger charge is 2.23. The molecule has 0 spiro atoms. The number of carbonyl (C=O) groups is 1. The van der Waals surface area contributed by atoms with Gasteiger partial charge in [0.2, 0.25) is 0 Å². The molecule has 0 bridgehead atoms. The fraction of sp³-hybridized carbons (Fsp3) is 0.400. The number of nitrogen functional groups attached to an aromatic ring is 1. The summed E-state index contributed by atoms with van der Waals surface area (Å²) in [5, 5.41) is 19.4. The second kappa shape index (κ2) is 4.96. The Morgan fingerprint density at radius 1 is 1.42 bits per heavy atom. The van der Waals surface area contributed by atoms with Gasteiger partial charge in [-0.1, -0.05) is 0 Å². The van der Waals surface area contributed by atoms with Crippen molar-refractivity contribution in [1.82, 2.24) is 9.88 Å². The third-order valence-electron chi connectivity index (χ3n) is 2.97. The number of amides is 1. The van der Waals surface area contributed by atoms with Crippen molar-refractivity contribution >= 4 is 23.3 Å². The normalized spacial score (nSPS) is 15.4. The molecule has 0 atom stereocenters. The maximum atomic E-state index is 10.8. The van der Waals surface area contributed by atoms with Gasteiger partial charge in [-0.3, -0.25) is 0 Å². The SMILES string of the molecule is Nc1cc(N2CCN(C(=O)O)CC2)cnc1[N+](=O)[O-]. The molecule has 1 aromatic rings. The highest BCUT2D eigenvalue weighted by atomic mass is 16.6. The number of rotatable bonds is 2. The number of anilines is 2. The second-order valence-corrected chi connectivity index (χ2v) is 4.12. The number of aromatic nitrogens is 1. The van der Waals surface area contributed by atoms with E-state index in [0.717, 1.165) is 0 Å². The van der Waals surface area contributed by atoms with E-state index in [1.54, 1.807) is 0 Å². The minimum Gasteiger partial charge on any atom is -0.465 e. The number of hydrogen-bond donors (Lipinski definition) is 2. The standard InChI is InChI=1S/C10H13N5O4/c11-8-5-7(6-12-9(8)15(18)19)13-1-3-14(4-2-13)10(16)17/h5-6H,1-4,11H2,(H,16,17). The van der Waals surface area contributed by atoms with Crippen LogP contribution < -0.4 is 10.6 Å². The molecule has 1 aliphatic rings. The first-order valence-corrected chi connectivity index (χ1v) is 5.62. The van der Waals surface area contributed by atoms with Crippen LogP contribution in [0.5, 0.6) is 0 Å². The number of hydrogen-bond acceptors (Lipinski definition) is 6. The molecule has 1 saturated heterocycles. The van der Waals surface area contributed by atoms with Crippen molar-refractivity contribution in [2.24, 2.45) is 0 Å². The molecule has 0 saturated carbocycles. The Labute approximate surface area is 108 Å². The van der Waals surface area contributed by atoms with E-state index in [1.807, 2.05) is 4.90 Å². The first-order chi connectivity index (χ1) is 8.99.